The number of carbonyl (C=O) groups excluding carboxylic acids is 3. The Hall–Kier alpha value is -2.41. The molecule has 124 valence electrons. The number of nitrogens with one attached hydrogen (secondary N) is 1. The topological polar surface area (TPSA) is 102 Å². The van der Waals surface area contributed by atoms with E-state index < -0.39 is 6.09 Å². The van der Waals surface area contributed by atoms with Gasteiger partial charge in [-0.2, -0.15) is 0 Å². The summed E-state index contributed by atoms with van der Waals surface area (Å²) in [5.41, 5.74) is 6.25. The number of rotatable bonds is 6. The number of carbonyl (C=O) groups is 3. The molecule has 1 aromatic rings. The molecule has 3 N–H and O–H groups in total. The Morgan fingerprint density at radius 1 is 1.26 bits per heavy atom. The van der Waals surface area contributed by atoms with Crippen molar-refractivity contribution in [3.63, 3.8) is 0 Å². The number of amides is 2. The summed E-state index contributed by atoms with van der Waals surface area (Å²) >= 11 is 0. The summed E-state index contributed by atoms with van der Waals surface area (Å²) in [6.07, 6.45) is 1.76. The van der Waals surface area contributed by atoms with Crippen molar-refractivity contribution in [2.45, 2.75) is 25.4 Å². The molecule has 0 atom stereocenters. The molecular formula is C16H21N3O4. The van der Waals surface area contributed by atoms with Gasteiger partial charge in [0.15, 0.2) is 0 Å². The first-order valence-corrected chi connectivity index (χ1v) is 7.60. The number of ether oxygens (including phenoxy) is 1. The van der Waals surface area contributed by atoms with Crippen LogP contribution >= 0.6 is 0 Å². The molecule has 2 rings (SSSR count). The Balaban J connectivity index is 1.68. The van der Waals surface area contributed by atoms with E-state index >= 15 is 0 Å². The smallest absolute Gasteiger partial charge is 0.404 e. The van der Waals surface area contributed by atoms with Gasteiger partial charge in [0.25, 0.3) is 0 Å². The van der Waals surface area contributed by atoms with Crippen molar-refractivity contribution >= 4 is 24.0 Å². The number of primary amides is 1. The van der Waals surface area contributed by atoms with Gasteiger partial charge in [-0.15, -0.1) is 0 Å². The zero-order valence-corrected chi connectivity index (χ0v) is 12.9. The lowest BCUT2D eigenvalue weighted by Gasteiger charge is -2.30. The van der Waals surface area contributed by atoms with E-state index in [4.69, 9.17) is 10.5 Å². The van der Waals surface area contributed by atoms with Crippen LogP contribution in [-0.4, -0.2) is 48.9 Å². The molecular weight excluding hydrogens is 298 g/mol. The van der Waals surface area contributed by atoms with Crippen LogP contribution < -0.4 is 11.1 Å². The number of hydrogen-bond donors (Lipinski definition) is 2. The molecule has 7 heteroatoms. The maximum Gasteiger partial charge on any atom is 0.404 e. The van der Waals surface area contributed by atoms with Gasteiger partial charge in [0.2, 0.25) is 5.91 Å². The summed E-state index contributed by atoms with van der Waals surface area (Å²) in [5, 5.41) is 2.80. The fraction of sp³-hybridized carbons (Fsp3) is 0.438. The van der Waals surface area contributed by atoms with Crippen molar-refractivity contribution in [2.24, 2.45) is 5.73 Å². The number of anilines is 1. The third-order valence-electron chi connectivity index (χ3n) is 3.80. The number of likely N-dealkylation sites (tertiary alicyclic amines) is 1. The highest BCUT2D eigenvalue weighted by Gasteiger charge is 2.21. The van der Waals surface area contributed by atoms with Crippen LogP contribution in [-0.2, 0) is 9.53 Å². The predicted molar refractivity (Wildman–Crippen MR) is 85.2 cm³/mol. The van der Waals surface area contributed by atoms with Gasteiger partial charge in [0.1, 0.15) is 12.4 Å². The SMILES string of the molecule is NC(=O)OC1CCN(CCC(=O)Nc2ccc(C=O)cc2)CC1. The maximum atomic E-state index is 11.9. The highest BCUT2D eigenvalue weighted by atomic mass is 16.6. The third kappa shape index (κ3) is 5.71. The van der Waals surface area contributed by atoms with Crippen molar-refractivity contribution in [3.8, 4) is 0 Å². The number of aldehydes is 1. The van der Waals surface area contributed by atoms with Crippen LogP contribution in [0.5, 0.6) is 0 Å². The van der Waals surface area contributed by atoms with Crippen LogP contribution in [0.2, 0.25) is 0 Å². The van der Waals surface area contributed by atoms with Crippen molar-refractivity contribution in [1.29, 1.82) is 0 Å². The van der Waals surface area contributed by atoms with Gasteiger partial charge in [-0.3, -0.25) is 9.59 Å². The summed E-state index contributed by atoms with van der Waals surface area (Å²) in [6, 6.07) is 6.72. The highest BCUT2D eigenvalue weighted by Crippen LogP contribution is 2.14. The van der Waals surface area contributed by atoms with Crippen molar-refractivity contribution in [2.75, 3.05) is 25.0 Å². The maximum absolute atomic E-state index is 11.9. The molecule has 23 heavy (non-hydrogen) atoms. The molecule has 1 heterocycles. The molecule has 7 nitrogen and oxygen atoms in total. The average Bonchev–Trinajstić information content (AvgIpc) is 2.54. The van der Waals surface area contributed by atoms with E-state index in [0.29, 0.717) is 24.2 Å². The molecule has 0 saturated carbocycles. The van der Waals surface area contributed by atoms with E-state index in [9.17, 15) is 14.4 Å². The van der Waals surface area contributed by atoms with E-state index in [1.165, 1.54) is 0 Å². The second kappa shape index (κ2) is 8.28. The molecule has 1 aliphatic rings. The van der Waals surface area contributed by atoms with Crippen LogP contribution in [0.3, 0.4) is 0 Å². The Bertz CT molecular complexity index is 551. The van der Waals surface area contributed by atoms with E-state index in [1.54, 1.807) is 24.3 Å². The fourth-order valence-electron chi connectivity index (χ4n) is 2.54. The minimum atomic E-state index is -0.733. The number of nitrogens with two attached hydrogens (primary N) is 1. The van der Waals surface area contributed by atoms with Crippen molar-refractivity contribution in [1.82, 2.24) is 4.90 Å². The first-order chi connectivity index (χ1) is 11.1. The van der Waals surface area contributed by atoms with Crippen LogP contribution in [0, 0.1) is 0 Å². The molecule has 1 fully saturated rings. The Morgan fingerprint density at radius 3 is 2.48 bits per heavy atom. The standard InChI is InChI=1S/C16H21N3O4/c17-16(22)23-14-5-8-19(9-6-14)10-7-15(21)18-13-3-1-12(11-20)2-4-13/h1-4,11,14H,5-10H2,(H2,17,22)(H,18,21). The quantitative estimate of drug-likeness (QED) is 0.771. The Kier molecular flexibility index (Phi) is 6.10. The lowest BCUT2D eigenvalue weighted by molar-refractivity contribution is -0.116. The lowest BCUT2D eigenvalue weighted by Crippen LogP contribution is -2.39. The van der Waals surface area contributed by atoms with Gasteiger partial charge in [-0.05, 0) is 37.1 Å². The minimum absolute atomic E-state index is 0.0700. The number of benzene rings is 1. The largest absolute Gasteiger partial charge is 0.446 e. The van der Waals surface area contributed by atoms with Gasteiger partial charge < -0.3 is 20.7 Å². The average molecular weight is 319 g/mol. The Labute approximate surface area is 134 Å². The number of nitrogens with zero attached hydrogens (tertiary/aromatic N) is 1. The second-order valence-electron chi connectivity index (χ2n) is 5.52. The van der Waals surface area contributed by atoms with E-state index in [2.05, 4.69) is 10.2 Å². The molecule has 0 spiro atoms. The van der Waals surface area contributed by atoms with Crippen molar-refractivity contribution in [3.05, 3.63) is 29.8 Å². The van der Waals surface area contributed by atoms with Crippen molar-refractivity contribution < 1.29 is 19.1 Å². The third-order valence-corrected chi connectivity index (χ3v) is 3.80. The minimum Gasteiger partial charge on any atom is -0.446 e. The molecule has 1 aliphatic heterocycles. The lowest BCUT2D eigenvalue weighted by atomic mass is 10.1. The molecule has 0 radical (unpaired) electrons. The molecule has 0 aliphatic carbocycles. The van der Waals surface area contributed by atoms with Gasteiger partial charge in [0, 0.05) is 37.3 Å². The summed E-state index contributed by atoms with van der Waals surface area (Å²) < 4.78 is 4.97. The van der Waals surface area contributed by atoms with Crippen LogP contribution in [0.25, 0.3) is 0 Å². The molecule has 2 amide bonds. The first-order valence-electron chi connectivity index (χ1n) is 7.60. The predicted octanol–water partition coefficient (Wildman–Crippen LogP) is 1.39. The second-order valence-corrected chi connectivity index (χ2v) is 5.52. The molecule has 1 aromatic carbocycles. The highest BCUT2D eigenvalue weighted by molar-refractivity contribution is 5.91. The summed E-state index contributed by atoms with van der Waals surface area (Å²) in [7, 11) is 0. The Morgan fingerprint density at radius 2 is 1.91 bits per heavy atom. The molecule has 0 unspecified atom stereocenters. The number of piperidine rings is 1. The summed E-state index contributed by atoms with van der Waals surface area (Å²) in [5.74, 6) is -0.0700. The zero-order chi connectivity index (χ0) is 16.7. The first kappa shape index (κ1) is 17.0. The van der Waals surface area contributed by atoms with Crippen LogP contribution in [0.15, 0.2) is 24.3 Å². The van der Waals surface area contributed by atoms with Gasteiger partial charge in [0.05, 0.1) is 0 Å². The monoisotopic (exact) mass is 319 g/mol. The van der Waals surface area contributed by atoms with Gasteiger partial charge in [-0.25, -0.2) is 4.79 Å². The molecule has 0 aromatic heterocycles. The zero-order valence-electron chi connectivity index (χ0n) is 12.9. The van der Waals surface area contributed by atoms with Gasteiger partial charge in [-0.1, -0.05) is 0 Å². The molecule has 1 saturated heterocycles. The van der Waals surface area contributed by atoms with Gasteiger partial charge >= 0.3 is 6.09 Å². The van der Waals surface area contributed by atoms with E-state index in [-0.39, 0.29) is 12.0 Å². The molecule has 0 bridgehead atoms. The van der Waals surface area contributed by atoms with Crippen LogP contribution in [0.1, 0.15) is 29.6 Å². The normalized spacial score (nSPS) is 15.8. The number of hydrogen-bond acceptors (Lipinski definition) is 5. The van der Waals surface area contributed by atoms with E-state index in [0.717, 1.165) is 32.2 Å². The fourth-order valence-corrected chi connectivity index (χ4v) is 2.54. The van der Waals surface area contributed by atoms with E-state index in [1.807, 2.05) is 0 Å². The summed E-state index contributed by atoms with van der Waals surface area (Å²) in [6.45, 7) is 2.21. The van der Waals surface area contributed by atoms with Crippen LogP contribution in [0.4, 0.5) is 10.5 Å². The summed E-state index contributed by atoms with van der Waals surface area (Å²) in [4.78, 5) is 35.4.